The molecule has 2 nitrogen and oxygen atoms in total. The first-order valence-electron chi connectivity index (χ1n) is 6.93. The molecule has 1 fully saturated rings. The lowest BCUT2D eigenvalue weighted by Gasteiger charge is -2.40. The van der Waals surface area contributed by atoms with Crippen LogP contribution in [0.5, 0.6) is 5.75 Å². The summed E-state index contributed by atoms with van der Waals surface area (Å²) in [5.74, 6) is 0.411. The number of aryl methyl sites for hydroxylation is 1. The van der Waals surface area contributed by atoms with Crippen LogP contribution in [0, 0.1) is 0 Å². The second kappa shape index (κ2) is 4.59. The maximum atomic E-state index is 9.57. The molecule has 0 unspecified atom stereocenters. The normalized spacial score (nSPS) is 21.3. The molecule has 0 aromatic heterocycles. The minimum Gasteiger partial charge on any atom is -0.508 e. The third kappa shape index (κ3) is 2.13. The number of nitrogens with zero attached hydrogens (tertiary/aromatic N) is 1. The van der Waals surface area contributed by atoms with Crippen molar-refractivity contribution in [1.82, 2.24) is 0 Å². The van der Waals surface area contributed by atoms with Crippen LogP contribution in [0.1, 0.15) is 44.1 Å². The van der Waals surface area contributed by atoms with E-state index in [0.717, 1.165) is 12.5 Å². The number of hydrogen-bond donors (Lipinski definition) is 1. The second-order valence-electron chi connectivity index (χ2n) is 5.40. The van der Waals surface area contributed by atoms with Gasteiger partial charge in [-0.25, -0.2) is 0 Å². The van der Waals surface area contributed by atoms with Gasteiger partial charge in [0.05, 0.1) is 0 Å². The molecule has 1 aromatic carbocycles. The lowest BCUT2D eigenvalue weighted by molar-refractivity contribution is 0.407. The van der Waals surface area contributed by atoms with Gasteiger partial charge in [-0.05, 0) is 49.4 Å². The Morgan fingerprint density at radius 2 is 1.88 bits per heavy atom. The Morgan fingerprint density at radius 1 is 1.06 bits per heavy atom. The van der Waals surface area contributed by atoms with Gasteiger partial charge in [-0.15, -0.1) is 0 Å². The van der Waals surface area contributed by atoms with Gasteiger partial charge < -0.3 is 10.0 Å². The highest BCUT2D eigenvalue weighted by Gasteiger charge is 2.25. The van der Waals surface area contributed by atoms with Gasteiger partial charge in [-0.3, -0.25) is 0 Å². The number of benzene rings is 1. The Morgan fingerprint density at radius 3 is 2.71 bits per heavy atom. The van der Waals surface area contributed by atoms with E-state index in [-0.39, 0.29) is 0 Å². The van der Waals surface area contributed by atoms with Crippen molar-refractivity contribution in [2.24, 2.45) is 0 Å². The van der Waals surface area contributed by atoms with Crippen molar-refractivity contribution < 1.29 is 5.11 Å². The van der Waals surface area contributed by atoms with Gasteiger partial charge in [-0.2, -0.15) is 0 Å². The highest BCUT2D eigenvalue weighted by Crippen LogP contribution is 2.34. The van der Waals surface area contributed by atoms with E-state index in [1.165, 1.54) is 56.3 Å². The Bertz CT molecular complexity index is 396. The Hall–Kier alpha value is -1.18. The zero-order valence-corrected chi connectivity index (χ0v) is 10.4. The van der Waals surface area contributed by atoms with Crippen molar-refractivity contribution in [3.63, 3.8) is 0 Å². The summed E-state index contributed by atoms with van der Waals surface area (Å²) in [6, 6.07) is 6.63. The highest BCUT2D eigenvalue weighted by molar-refractivity contribution is 5.58. The highest BCUT2D eigenvalue weighted by atomic mass is 16.3. The first-order chi connectivity index (χ1) is 8.34. The largest absolute Gasteiger partial charge is 0.508 e. The molecule has 2 aliphatic rings. The second-order valence-corrected chi connectivity index (χ2v) is 5.40. The molecule has 1 N–H and O–H groups in total. The van der Waals surface area contributed by atoms with Gasteiger partial charge in [0.15, 0.2) is 0 Å². The topological polar surface area (TPSA) is 23.5 Å². The molecule has 0 bridgehead atoms. The zero-order chi connectivity index (χ0) is 11.7. The molecule has 0 amide bonds. The third-order valence-electron chi connectivity index (χ3n) is 4.23. The molecule has 17 heavy (non-hydrogen) atoms. The summed E-state index contributed by atoms with van der Waals surface area (Å²) in [6.45, 7) is 1.20. The summed E-state index contributed by atoms with van der Waals surface area (Å²) >= 11 is 0. The standard InChI is InChI=1S/C15H21NO/c17-14-8-9-15-12(11-14)5-4-10-16(15)13-6-2-1-3-7-13/h8-9,11,13,17H,1-7,10H2. The van der Waals surface area contributed by atoms with Gasteiger partial charge in [0.1, 0.15) is 5.75 Å². The molecule has 0 atom stereocenters. The lowest BCUT2D eigenvalue weighted by atomic mass is 9.91. The molecular weight excluding hydrogens is 210 g/mol. The predicted octanol–water partition coefficient (Wildman–Crippen LogP) is 3.48. The fourth-order valence-corrected chi connectivity index (χ4v) is 3.38. The molecular formula is C15H21NO. The number of hydrogen-bond acceptors (Lipinski definition) is 2. The van der Waals surface area contributed by atoms with Crippen LogP contribution in [0.4, 0.5) is 5.69 Å². The van der Waals surface area contributed by atoms with Crippen molar-refractivity contribution in [1.29, 1.82) is 0 Å². The van der Waals surface area contributed by atoms with Crippen molar-refractivity contribution in [2.75, 3.05) is 11.4 Å². The maximum Gasteiger partial charge on any atom is 0.116 e. The number of fused-ring (bicyclic) bond motifs is 1. The van der Waals surface area contributed by atoms with Crippen LogP contribution in [0.25, 0.3) is 0 Å². The summed E-state index contributed by atoms with van der Waals surface area (Å²) in [4.78, 5) is 2.59. The first kappa shape index (κ1) is 10.9. The molecule has 0 saturated heterocycles. The quantitative estimate of drug-likeness (QED) is 0.800. The van der Waals surface area contributed by atoms with Gasteiger partial charge in [-0.1, -0.05) is 19.3 Å². The summed E-state index contributed by atoms with van der Waals surface area (Å²) in [6.07, 6.45) is 9.22. The zero-order valence-electron chi connectivity index (χ0n) is 10.4. The predicted molar refractivity (Wildman–Crippen MR) is 70.6 cm³/mol. The smallest absolute Gasteiger partial charge is 0.116 e. The minimum absolute atomic E-state index is 0.411. The SMILES string of the molecule is Oc1ccc2c(c1)CCCN2C1CCCCC1. The molecule has 1 saturated carbocycles. The van der Waals surface area contributed by atoms with Crippen LogP contribution >= 0.6 is 0 Å². The monoisotopic (exact) mass is 231 g/mol. The molecule has 0 spiro atoms. The van der Waals surface area contributed by atoms with E-state index in [1.54, 1.807) is 0 Å². The van der Waals surface area contributed by atoms with Gasteiger partial charge in [0.2, 0.25) is 0 Å². The third-order valence-corrected chi connectivity index (χ3v) is 4.23. The number of aromatic hydroxyl groups is 1. The Labute approximate surface area is 103 Å². The Kier molecular flexibility index (Phi) is 2.96. The van der Waals surface area contributed by atoms with Crippen LogP contribution in [0.15, 0.2) is 18.2 Å². The van der Waals surface area contributed by atoms with Crippen LogP contribution in [-0.2, 0) is 6.42 Å². The number of rotatable bonds is 1. The average Bonchev–Trinajstić information content (AvgIpc) is 2.39. The average molecular weight is 231 g/mol. The molecule has 1 aliphatic heterocycles. The summed E-state index contributed by atoms with van der Waals surface area (Å²) < 4.78 is 0. The van der Waals surface area contributed by atoms with Gasteiger partial charge >= 0.3 is 0 Å². The molecule has 1 heterocycles. The summed E-state index contributed by atoms with van der Waals surface area (Å²) in [5.41, 5.74) is 2.71. The van der Waals surface area contributed by atoms with Crippen LogP contribution in [0.3, 0.4) is 0 Å². The lowest BCUT2D eigenvalue weighted by Crippen LogP contribution is -2.40. The van der Waals surface area contributed by atoms with E-state index in [4.69, 9.17) is 0 Å². The van der Waals surface area contributed by atoms with E-state index >= 15 is 0 Å². The van der Waals surface area contributed by atoms with E-state index in [9.17, 15) is 5.11 Å². The van der Waals surface area contributed by atoms with Crippen molar-refractivity contribution in [3.8, 4) is 5.75 Å². The van der Waals surface area contributed by atoms with Crippen LogP contribution in [-0.4, -0.2) is 17.7 Å². The van der Waals surface area contributed by atoms with Gasteiger partial charge in [0, 0.05) is 18.3 Å². The molecule has 1 aromatic rings. The molecule has 1 aliphatic carbocycles. The summed E-state index contributed by atoms with van der Waals surface area (Å²) in [5, 5.41) is 9.57. The summed E-state index contributed by atoms with van der Waals surface area (Å²) in [7, 11) is 0. The minimum atomic E-state index is 0.411. The number of phenols is 1. The van der Waals surface area contributed by atoms with Crippen molar-refractivity contribution in [2.45, 2.75) is 51.0 Å². The molecule has 92 valence electrons. The van der Waals surface area contributed by atoms with E-state index in [1.807, 2.05) is 12.1 Å². The first-order valence-corrected chi connectivity index (χ1v) is 6.93. The van der Waals surface area contributed by atoms with Crippen LogP contribution < -0.4 is 4.90 Å². The van der Waals surface area contributed by atoms with E-state index in [2.05, 4.69) is 11.0 Å². The van der Waals surface area contributed by atoms with Gasteiger partial charge in [0.25, 0.3) is 0 Å². The fraction of sp³-hybridized carbons (Fsp3) is 0.600. The van der Waals surface area contributed by atoms with E-state index < -0.39 is 0 Å². The Balaban J connectivity index is 1.88. The maximum absolute atomic E-state index is 9.57. The van der Waals surface area contributed by atoms with E-state index in [0.29, 0.717) is 5.75 Å². The number of anilines is 1. The fourth-order valence-electron chi connectivity index (χ4n) is 3.38. The molecule has 0 radical (unpaired) electrons. The van der Waals surface area contributed by atoms with Crippen molar-refractivity contribution >= 4 is 5.69 Å². The van der Waals surface area contributed by atoms with Crippen LogP contribution in [0.2, 0.25) is 0 Å². The molecule has 2 heteroatoms. The number of phenolic OH excluding ortho intramolecular Hbond substituents is 1. The van der Waals surface area contributed by atoms with Crippen molar-refractivity contribution in [3.05, 3.63) is 23.8 Å². The molecule has 3 rings (SSSR count).